The normalized spacial score (nSPS) is 15.1. The van der Waals surface area contributed by atoms with Gasteiger partial charge in [-0.3, -0.25) is 4.79 Å². The maximum Gasteiger partial charge on any atom is 0.243 e. The second-order valence-corrected chi connectivity index (χ2v) is 8.73. The van der Waals surface area contributed by atoms with Gasteiger partial charge in [0, 0.05) is 26.1 Å². The van der Waals surface area contributed by atoms with Gasteiger partial charge in [-0.15, -0.1) is 0 Å². The smallest absolute Gasteiger partial charge is 0.243 e. The van der Waals surface area contributed by atoms with Crippen LogP contribution in [0.3, 0.4) is 0 Å². The molecule has 0 spiro atoms. The van der Waals surface area contributed by atoms with E-state index in [0.29, 0.717) is 45.7 Å². The summed E-state index contributed by atoms with van der Waals surface area (Å²) in [6, 6.07) is 14.3. The minimum absolute atomic E-state index is 0.0576. The number of hydrogen-bond donors (Lipinski definition) is 1. The van der Waals surface area contributed by atoms with Crippen molar-refractivity contribution in [3.05, 3.63) is 59.7 Å². The van der Waals surface area contributed by atoms with E-state index in [1.807, 2.05) is 24.3 Å². The fraction of sp³-hybridized carbons (Fsp3) is 0.381. The van der Waals surface area contributed by atoms with E-state index in [9.17, 15) is 13.2 Å². The highest BCUT2D eigenvalue weighted by molar-refractivity contribution is 7.89. The summed E-state index contributed by atoms with van der Waals surface area (Å²) in [6.45, 7) is 1.92. The molecule has 0 saturated carbocycles. The van der Waals surface area contributed by atoms with Gasteiger partial charge in [-0.1, -0.05) is 24.3 Å². The van der Waals surface area contributed by atoms with Crippen molar-refractivity contribution >= 4 is 15.9 Å². The number of amides is 1. The number of carbonyl (C=O) groups excluding carboxylic acids is 1. The van der Waals surface area contributed by atoms with Gasteiger partial charge in [-0.2, -0.15) is 4.31 Å². The van der Waals surface area contributed by atoms with Crippen molar-refractivity contribution in [1.29, 1.82) is 0 Å². The Morgan fingerprint density at radius 2 is 1.83 bits per heavy atom. The molecule has 1 saturated heterocycles. The van der Waals surface area contributed by atoms with Crippen LogP contribution in [-0.2, 0) is 32.5 Å². The van der Waals surface area contributed by atoms with Crippen molar-refractivity contribution in [3.8, 4) is 5.75 Å². The molecule has 1 aliphatic heterocycles. The molecule has 0 aromatic heterocycles. The van der Waals surface area contributed by atoms with Crippen LogP contribution in [0.5, 0.6) is 5.75 Å². The highest BCUT2D eigenvalue weighted by Gasteiger charge is 2.26. The molecule has 8 heteroatoms. The van der Waals surface area contributed by atoms with E-state index in [2.05, 4.69) is 5.32 Å². The van der Waals surface area contributed by atoms with Gasteiger partial charge in [-0.25, -0.2) is 8.42 Å². The Balaban J connectivity index is 1.50. The largest absolute Gasteiger partial charge is 0.497 e. The van der Waals surface area contributed by atoms with E-state index >= 15 is 0 Å². The zero-order valence-electron chi connectivity index (χ0n) is 16.5. The van der Waals surface area contributed by atoms with Crippen LogP contribution in [0.4, 0.5) is 0 Å². The van der Waals surface area contributed by atoms with Crippen LogP contribution in [-0.4, -0.2) is 52.0 Å². The lowest BCUT2D eigenvalue weighted by Crippen LogP contribution is -2.40. The van der Waals surface area contributed by atoms with Crippen LogP contribution < -0.4 is 10.1 Å². The first-order valence-corrected chi connectivity index (χ1v) is 11.0. The first kappa shape index (κ1) is 21.3. The molecule has 1 amide bonds. The number of morpholine rings is 1. The molecular formula is C21H26N2O5S. The Bertz CT molecular complexity index is 922. The van der Waals surface area contributed by atoms with Gasteiger partial charge in [0.15, 0.2) is 0 Å². The Labute approximate surface area is 171 Å². The fourth-order valence-electron chi connectivity index (χ4n) is 3.09. The van der Waals surface area contributed by atoms with Crippen molar-refractivity contribution in [3.63, 3.8) is 0 Å². The molecule has 0 radical (unpaired) electrons. The second-order valence-electron chi connectivity index (χ2n) is 6.79. The maximum atomic E-state index is 12.6. The van der Waals surface area contributed by atoms with E-state index in [4.69, 9.17) is 9.47 Å². The molecule has 156 valence electrons. The van der Waals surface area contributed by atoms with E-state index in [-0.39, 0.29) is 10.8 Å². The monoisotopic (exact) mass is 418 g/mol. The van der Waals surface area contributed by atoms with E-state index in [1.165, 1.54) is 4.31 Å². The van der Waals surface area contributed by atoms with Gasteiger partial charge in [0.05, 0.1) is 25.2 Å². The summed E-state index contributed by atoms with van der Waals surface area (Å²) < 4.78 is 37.1. The third kappa shape index (κ3) is 5.79. The lowest BCUT2D eigenvalue weighted by atomic mass is 10.1. The third-order valence-corrected chi connectivity index (χ3v) is 6.71. The van der Waals surface area contributed by atoms with Crippen LogP contribution in [0.25, 0.3) is 0 Å². The topological polar surface area (TPSA) is 84.9 Å². The highest BCUT2D eigenvalue weighted by Crippen LogP contribution is 2.18. The Morgan fingerprint density at radius 1 is 1.10 bits per heavy atom. The molecule has 0 atom stereocenters. The first-order valence-electron chi connectivity index (χ1n) is 9.55. The molecule has 0 unspecified atom stereocenters. The number of carbonyl (C=O) groups is 1. The molecule has 0 bridgehead atoms. The van der Waals surface area contributed by atoms with E-state index in [1.54, 1.807) is 31.4 Å². The number of sulfonamides is 1. The number of rotatable bonds is 8. The molecule has 1 heterocycles. The molecular weight excluding hydrogens is 392 g/mol. The molecule has 2 aromatic rings. The van der Waals surface area contributed by atoms with Gasteiger partial charge in [0.25, 0.3) is 0 Å². The minimum Gasteiger partial charge on any atom is -0.497 e. The molecule has 29 heavy (non-hydrogen) atoms. The van der Waals surface area contributed by atoms with Crippen LogP contribution in [0.2, 0.25) is 0 Å². The summed E-state index contributed by atoms with van der Waals surface area (Å²) in [6.07, 6.45) is 0.996. The van der Waals surface area contributed by atoms with Crippen molar-refractivity contribution in [2.75, 3.05) is 33.4 Å². The molecule has 3 rings (SSSR count). The summed E-state index contributed by atoms with van der Waals surface area (Å²) in [5.74, 6) is 0.716. The maximum absolute atomic E-state index is 12.6. The number of aryl methyl sites for hydroxylation is 1. The molecule has 2 aromatic carbocycles. The van der Waals surface area contributed by atoms with Crippen molar-refractivity contribution in [2.45, 2.75) is 24.3 Å². The number of methoxy groups -OCH3 is 1. The summed E-state index contributed by atoms with van der Waals surface area (Å²) >= 11 is 0. The van der Waals surface area contributed by atoms with E-state index < -0.39 is 10.0 Å². The molecule has 1 N–H and O–H groups in total. The number of ether oxygens (including phenoxy) is 2. The van der Waals surface area contributed by atoms with Gasteiger partial charge < -0.3 is 14.8 Å². The van der Waals surface area contributed by atoms with Crippen LogP contribution in [0.15, 0.2) is 53.4 Å². The van der Waals surface area contributed by atoms with Crippen LogP contribution in [0, 0.1) is 0 Å². The number of benzene rings is 2. The molecule has 1 aliphatic rings. The lowest BCUT2D eigenvalue weighted by molar-refractivity contribution is -0.121. The number of nitrogens with zero attached hydrogens (tertiary/aromatic N) is 1. The van der Waals surface area contributed by atoms with E-state index in [0.717, 1.165) is 16.9 Å². The standard InChI is InChI=1S/C21H26N2O5S/c1-27-19-4-2-3-17(15-19)7-10-21(24)22-16-18-5-8-20(9-6-18)29(25,26)23-11-13-28-14-12-23/h2-6,8-9,15H,7,10-14,16H2,1H3,(H,22,24). The van der Waals surface area contributed by atoms with Gasteiger partial charge >= 0.3 is 0 Å². The zero-order chi connectivity index (χ0) is 20.7. The summed E-state index contributed by atoms with van der Waals surface area (Å²) in [5, 5.41) is 2.87. The SMILES string of the molecule is COc1cccc(CCC(=O)NCc2ccc(S(=O)(=O)N3CCOCC3)cc2)c1. The van der Waals surface area contributed by atoms with Crippen molar-refractivity contribution in [2.24, 2.45) is 0 Å². The quantitative estimate of drug-likeness (QED) is 0.709. The van der Waals surface area contributed by atoms with Crippen molar-refractivity contribution < 1.29 is 22.7 Å². The minimum atomic E-state index is -3.50. The third-order valence-electron chi connectivity index (χ3n) is 4.80. The first-order chi connectivity index (χ1) is 14.0. The molecule has 0 aliphatic carbocycles. The Morgan fingerprint density at radius 3 is 2.52 bits per heavy atom. The molecule has 1 fully saturated rings. The summed E-state index contributed by atoms with van der Waals surface area (Å²) in [7, 11) is -1.88. The van der Waals surface area contributed by atoms with Gasteiger partial charge in [0.2, 0.25) is 15.9 Å². The lowest BCUT2D eigenvalue weighted by Gasteiger charge is -2.26. The summed E-state index contributed by atoms with van der Waals surface area (Å²) in [4.78, 5) is 12.4. The highest BCUT2D eigenvalue weighted by atomic mass is 32.2. The van der Waals surface area contributed by atoms with Gasteiger partial charge in [0.1, 0.15) is 5.75 Å². The van der Waals surface area contributed by atoms with Crippen LogP contribution in [0.1, 0.15) is 17.5 Å². The predicted molar refractivity (Wildman–Crippen MR) is 109 cm³/mol. The fourth-order valence-corrected chi connectivity index (χ4v) is 4.50. The average Bonchev–Trinajstić information content (AvgIpc) is 2.77. The Kier molecular flexibility index (Phi) is 7.24. The summed E-state index contributed by atoms with van der Waals surface area (Å²) in [5.41, 5.74) is 1.89. The average molecular weight is 419 g/mol. The van der Waals surface area contributed by atoms with Crippen LogP contribution >= 0.6 is 0 Å². The predicted octanol–water partition coefficient (Wildman–Crippen LogP) is 1.97. The van der Waals surface area contributed by atoms with Crippen molar-refractivity contribution in [1.82, 2.24) is 9.62 Å². The number of hydrogen-bond acceptors (Lipinski definition) is 5. The number of nitrogens with one attached hydrogen (secondary N) is 1. The zero-order valence-corrected chi connectivity index (χ0v) is 17.3. The van der Waals surface area contributed by atoms with Gasteiger partial charge in [-0.05, 0) is 41.8 Å². The Hall–Kier alpha value is -2.42. The second kappa shape index (κ2) is 9.87. The molecule has 7 nitrogen and oxygen atoms in total.